The van der Waals surface area contributed by atoms with Gasteiger partial charge in [-0.05, 0) is 30.5 Å². The summed E-state index contributed by atoms with van der Waals surface area (Å²) in [5, 5.41) is 17.7. The van der Waals surface area contributed by atoms with Crippen LogP contribution in [-0.4, -0.2) is 32.3 Å². The van der Waals surface area contributed by atoms with Crippen molar-refractivity contribution in [3.8, 4) is 6.07 Å². The van der Waals surface area contributed by atoms with Crippen molar-refractivity contribution in [2.75, 3.05) is 17.1 Å². The molecular weight excluding hydrogens is 280 g/mol. The maximum atomic E-state index is 11.9. The van der Waals surface area contributed by atoms with E-state index in [1.807, 2.05) is 6.07 Å². The summed E-state index contributed by atoms with van der Waals surface area (Å²) in [6.07, 6.45) is 1.56. The molecule has 1 aromatic rings. The number of sulfonamides is 1. The number of rotatable bonds is 5. The van der Waals surface area contributed by atoms with Gasteiger partial charge in [0, 0.05) is 6.54 Å². The zero-order chi connectivity index (χ0) is 14.9. The molecule has 0 unspecified atom stereocenters. The lowest BCUT2D eigenvalue weighted by molar-refractivity contribution is -0.138. The van der Waals surface area contributed by atoms with Crippen molar-refractivity contribution in [2.24, 2.45) is 11.8 Å². The molecule has 1 aliphatic rings. The summed E-state index contributed by atoms with van der Waals surface area (Å²) in [6.45, 7) is 0.130. The third-order valence-electron chi connectivity index (χ3n) is 3.30. The molecule has 1 N–H and O–H groups in total. The van der Waals surface area contributed by atoms with Crippen LogP contribution in [0.1, 0.15) is 12.0 Å². The van der Waals surface area contributed by atoms with E-state index >= 15 is 0 Å². The van der Waals surface area contributed by atoms with Gasteiger partial charge in [0.2, 0.25) is 10.0 Å². The van der Waals surface area contributed by atoms with E-state index in [1.165, 1.54) is 10.4 Å². The Morgan fingerprint density at radius 1 is 1.55 bits per heavy atom. The van der Waals surface area contributed by atoms with Gasteiger partial charge in [-0.15, -0.1) is 0 Å². The maximum absolute atomic E-state index is 11.9. The summed E-state index contributed by atoms with van der Waals surface area (Å²) in [7, 11) is -3.52. The third kappa shape index (κ3) is 3.08. The largest absolute Gasteiger partial charge is 0.481 e. The van der Waals surface area contributed by atoms with E-state index in [9.17, 15) is 13.2 Å². The normalized spacial score (nSPS) is 21.0. The SMILES string of the molecule is CS(=O)(=O)N(C[C@@H]1C[C@H]1C(=O)O)c1cccc(C#N)c1. The first-order valence-corrected chi connectivity index (χ1v) is 7.88. The van der Waals surface area contributed by atoms with E-state index in [4.69, 9.17) is 10.4 Å². The van der Waals surface area contributed by atoms with Gasteiger partial charge in [0.05, 0.1) is 29.5 Å². The summed E-state index contributed by atoms with van der Waals surface area (Å²) in [6, 6.07) is 8.23. The van der Waals surface area contributed by atoms with Gasteiger partial charge in [-0.3, -0.25) is 9.10 Å². The van der Waals surface area contributed by atoms with Crippen LogP contribution in [0.15, 0.2) is 24.3 Å². The molecule has 0 bridgehead atoms. The molecule has 20 heavy (non-hydrogen) atoms. The molecule has 0 saturated heterocycles. The molecule has 1 aliphatic carbocycles. The predicted molar refractivity (Wildman–Crippen MR) is 72.6 cm³/mol. The zero-order valence-electron chi connectivity index (χ0n) is 10.9. The summed E-state index contributed by atoms with van der Waals surface area (Å²) in [5.74, 6) is -1.54. The first-order chi connectivity index (χ1) is 9.32. The molecule has 2 rings (SSSR count). The lowest BCUT2D eigenvalue weighted by Gasteiger charge is -2.22. The fourth-order valence-corrected chi connectivity index (χ4v) is 3.09. The number of aliphatic carboxylic acids is 1. The van der Waals surface area contributed by atoms with Crippen molar-refractivity contribution in [1.82, 2.24) is 0 Å². The Morgan fingerprint density at radius 3 is 2.75 bits per heavy atom. The van der Waals surface area contributed by atoms with Crippen molar-refractivity contribution < 1.29 is 18.3 Å². The van der Waals surface area contributed by atoms with Gasteiger partial charge in [0.25, 0.3) is 0 Å². The Bertz CT molecular complexity index is 678. The van der Waals surface area contributed by atoms with E-state index in [-0.39, 0.29) is 12.5 Å². The third-order valence-corrected chi connectivity index (χ3v) is 4.46. The highest BCUT2D eigenvalue weighted by Crippen LogP contribution is 2.40. The number of carbonyl (C=O) groups is 1. The molecule has 0 aromatic heterocycles. The van der Waals surface area contributed by atoms with E-state index in [0.717, 1.165) is 6.26 Å². The minimum absolute atomic E-state index is 0.130. The number of hydrogen-bond donors (Lipinski definition) is 1. The highest BCUT2D eigenvalue weighted by atomic mass is 32.2. The number of anilines is 1. The van der Waals surface area contributed by atoms with Crippen LogP contribution in [0.2, 0.25) is 0 Å². The van der Waals surface area contributed by atoms with Crippen molar-refractivity contribution in [2.45, 2.75) is 6.42 Å². The standard InChI is InChI=1S/C13H14N2O4S/c1-20(18,19)15(8-10-6-12(10)13(16)17)11-4-2-3-9(5-11)7-14/h2-5,10,12H,6,8H2,1H3,(H,16,17)/t10-,12+/m0/s1. The monoisotopic (exact) mass is 294 g/mol. The quantitative estimate of drug-likeness (QED) is 0.875. The maximum Gasteiger partial charge on any atom is 0.306 e. The van der Waals surface area contributed by atoms with Gasteiger partial charge in [0.1, 0.15) is 0 Å². The number of nitriles is 1. The van der Waals surface area contributed by atoms with Crippen molar-refractivity contribution in [1.29, 1.82) is 5.26 Å². The molecule has 0 spiro atoms. The molecule has 1 saturated carbocycles. The van der Waals surface area contributed by atoms with E-state index in [2.05, 4.69) is 0 Å². The summed E-state index contributed by atoms with van der Waals surface area (Å²) < 4.78 is 24.9. The summed E-state index contributed by atoms with van der Waals surface area (Å²) >= 11 is 0. The molecule has 0 amide bonds. The fraction of sp³-hybridized carbons (Fsp3) is 0.385. The van der Waals surface area contributed by atoms with Gasteiger partial charge in [-0.1, -0.05) is 6.07 Å². The molecule has 2 atom stereocenters. The van der Waals surface area contributed by atoms with Crippen LogP contribution < -0.4 is 4.31 Å². The summed E-state index contributed by atoms with van der Waals surface area (Å²) in [4.78, 5) is 10.8. The number of nitrogens with zero attached hydrogens (tertiary/aromatic N) is 2. The van der Waals surface area contributed by atoms with Crippen LogP contribution >= 0.6 is 0 Å². The molecule has 1 aromatic carbocycles. The highest BCUT2D eigenvalue weighted by molar-refractivity contribution is 7.92. The average molecular weight is 294 g/mol. The molecular formula is C13H14N2O4S. The van der Waals surface area contributed by atoms with Crippen LogP contribution in [-0.2, 0) is 14.8 Å². The average Bonchev–Trinajstić information content (AvgIpc) is 3.14. The first kappa shape index (κ1) is 14.3. The minimum Gasteiger partial charge on any atom is -0.481 e. The number of hydrogen-bond acceptors (Lipinski definition) is 4. The Morgan fingerprint density at radius 2 is 2.25 bits per heavy atom. The molecule has 0 heterocycles. The van der Waals surface area contributed by atoms with Crippen LogP contribution in [0.5, 0.6) is 0 Å². The van der Waals surface area contributed by atoms with Crippen LogP contribution in [0.3, 0.4) is 0 Å². The molecule has 0 aliphatic heterocycles. The highest BCUT2D eigenvalue weighted by Gasteiger charge is 2.45. The van der Waals surface area contributed by atoms with Gasteiger partial charge >= 0.3 is 5.97 Å². The van der Waals surface area contributed by atoms with Gasteiger partial charge in [-0.25, -0.2) is 8.42 Å². The Labute approximate surface area is 117 Å². The smallest absolute Gasteiger partial charge is 0.306 e. The van der Waals surface area contributed by atoms with Gasteiger partial charge in [-0.2, -0.15) is 5.26 Å². The van der Waals surface area contributed by atoms with E-state index in [1.54, 1.807) is 18.2 Å². The van der Waals surface area contributed by atoms with Crippen LogP contribution in [0.4, 0.5) is 5.69 Å². The Hall–Kier alpha value is -2.07. The Balaban J connectivity index is 2.25. The second-order valence-corrected chi connectivity index (χ2v) is 6.80. The first-order valence-electron chi connectivity index (χ1n) is 6.03. The van der Waals surface area contributed by atoms with Crippen molar-refractivity contribution in [3.05, 3.63) is 29.8 Å². The number of carboxylic acids is 1. The molecule has 0 radical (unpaired) electrons. The molecule has 106 valence electrons. The van der Waals surface area contributed by atoms with E-state index < -0.39 is 21.9 Å². The van der Waals surface area contributed by atoms with Crippen molar-refractivity contribution in [3.63, 3.8) is 0 Å². The molecule has 7 heteroatoms. The fourth-order valence-electron chi connectivity index (χ4n) is 2.13. The summed E-state index contributed by atoms with van der Waals surface area (Å²) in [5.41, 5.74) is 0.754. The van der Waals surface area contributed by atoms with E-state index in [0.29, 0.717) is 17.7 Å². The van der Waals surface area contributed by atoms with Crippen LogP contribution in [0.25, 0.3) is 0 Å². The lowest BCUT2D eigenvalue weighted by atomic mass is 10.2. The molecule has 6 nitrogen and oxygen atoms in total. The second kappa shape index (κ2) is 5.13. The van der Waals surface area contributed by atoms with Gasteiger partial charge < -0.3 is 5.11 Å². The topological polar surface area (TPSA) is 98.5 Å². The number of benzene rings is 1. The predicted octanol–water partition coefficient (Wildman–Crippen LogP) is 1.04. The molecule has 1 fully saturated rings. The van der Waals surface area contributed by atoms with Crippen LogP contribution in [0, 0.1) is 23.2 Å². The zero-order valence-corrected chi connectivity index (χ0v) is 11.7. The minimum atomic E-state index is -3.52. The van der Waals surface area contributed by atoms with Gasteiger partial charge in [0.15, 0.2) is 0 Å². The Kier molecular flexibility index (Phi) is 3.68. The van der Waals surface area contributed by atoms with Crippen molar-refractivity contribution >= 4 is 21.7 Å². The number of carboxylic acid groups (broad SMARTS) is 1. The lowest BCUT2D eigenvalue weighted by Crippen LogP contribution is -2.32. The second-order valence-electron chi connectivity index (χ2n) is 4.90.